The minimum atomic E-state index is -0.173. The quantitative estimate of drug-likeness (QED) is 0.620. The third-order valence-corrected chi connectivity index (χ3v) is 4.83. The summed E-state index contributed by atoms with van der Waals surface area (Å²) in [5.74, 6) is 0.447. The van der Waals surface area contributed by atoms with E-state index in [1.54, 1.807) is 0 Å². The normalized spacial score (nSPS) is 36.8. The van der Waals surface area contributed by atoms with Gasteiger partial charge in [0.05, 0.1) is 0 Å². The lowest BCUT2D eigenvalue weighted by atomic mass is 9.63. The molecule has 1 fully saturated rings. The lowest BCUT2D eigenvalue weighted by Gasteiger charge is -2.44. The van der Waals surface area contributed by atoms with E-state index < -0.39 is 0 Å². The van der Waals surface area contributed by atoms with Gasteiger partial charge in [-0.05, 0) is 31.1 Å². The van der Waals surface area contributed by atoms with Gasteiger partial charge >= 0.3 is 5.97 Å². The number of allylic oxidation sites excluding steroid dienone is 1. The Morgan fingerprint density at radius 1 is 1.67 bits per heavy atom. The van der Waals surface area contributed by atoms with Crippen LogP contribution in [0.4, 0.5) is 0 Å². The van der Waals surface area contributed by atoms with Crippen molar-refractivity contribution in [3.63, 3.8) is 0 Å². The van der Waals surface area contributed by atoms with Gasteiger partial charge in [-0.3, -0.25) is 4.79 Å². The highest BCUT2D eigenvalue weighted by atomic mass is 16.5. The van der Waals surface area contributed by atoms with Gasteiger partial charge in [-0.2, -0.15) is 0 Å². The van der Waals surface area contributed by atoms with Gasteiger partial charge in [0, 0.05) is 25.4 Å². The van der Waals surface area contributed by atoms with E-state index >= 15 is 0 Å². The number of rotatable bonds is 3. The molecule has 0 heterocycles. The molecule has 3 nitrogen and oxygen atoms in total. The highest BCUT2D eigenvalue weighted by molar-refractivity contribution is 5.66. The predicted octanol–water partition coefficient (Wildman–Crippen LogP) is 2.68. The van der Waals surface area contributed by atoms with Crippen LogP contribution in [-0.4, -0.2) is 23.8 Å². The Bertz CT molecular complexity index is 361. The zero-order valence-corrected chi connectivity index (χ0v) is 11.6. The average molecular weight is 252 g/mol. The number of aliphatic hydroxyl groups is 1. The number of carbonyl (C=O) groups excluding carboxylic acids is 1. The van der Waals surface area contributed by atoms with Gasteiger partial charge in [0.15, 0.2) is 0 Å². The van der Waals surface area contributed by atoms with Gasteiger partial charge in [-0.1, -0.05) is 25.5 Å². The molecular weight excluding hydrogens is 228 g/mol. The van der Waals surface area contributed by atoms with Crippen molar-refractivity contribution in [1.29, 1.82) is 0 Å². The monoisotopic (exact) mass is 252 g/mol. The Kier molecular flexibility index (Phi) is 3.81. The van der Waals surface area contributed by atoms with E-state index in [2.05, 4.69) is 19.9 Å². The zero-order chi connectivity index (χ0) is 13.3. The molecule has 0 radical (unpaired) electrons. The molecule has 1 unspecified atom stereocenters. The van der Waals surface area contributed by atoms with Gasteiger partial charge in [0.2, 0.25) is 0 Å². The summed E-state index contributed by atoms with van der Waals surface area (Å²) in [4.78, 5) is 11.2. The Morgan fingerprint density at radius 2 is 2.39 bits per heavy atom. The minimum absolute atomic E-state index is 0.0564. The third kappa shape index (κ3) is 2.20. The second-order valence-electron chi connectivity index (χ2n) is 6.04. The van der Waals surface area contributed by atoms with Crippen LogP contribution in [0.5, 0.6) is 0 Å². The third-order valence-electron chi connectivity index (χ3n) is 4.83. The van der Waals surface area contributed by atoms with E-state index in [-0.39, 0.29) is 30.0 Å². The first-order valence-electron chi connectivity index (χ1n) is 6.97. The molecule has 0 amide bonds. The Labute approximate surface area is 109 Å². The van der Waals surface area contributed by atoms with Crippen LogP contribution in [0.25, 0.3) is 0 Å². The molecule has 0 aromatic carbocycles. The van der Waals surface area contributed by atoms with Crippen molar-refractivity contribution in [3.05, 3.63) is 11.6 Å². The van der Waals surface area contributed by atoms with Crippen molar-refractivity contribution in [1.82, 2.24) is 0 Å². The van der Waals surface area contributed by atoms with Crippen molar-refractivity contribution < 1.29 is 14.6 Å². The molecule has 0 aliphatic heterocycles. The lowest BCUT2D eigenvalue weighted by Crippen LogP contribution is -2.41. The SMILES string of the molecule is CC(=O)O[C@H]1CCC[C@]2(C)C(C(C)CO)=CC[C@@H]12. The maximum Gasteiger partial charge on any atom is 0.302 e. The molecule has 0 aromatic heterocycles. The van der Waals surface area contributed by atoms with Crippen LogP contribution in [0.2, 0.25) is 0 Å². The van der Waals surface area contributed by atoms with Crippen molar-refractivity contribution >= 4 is 5.97 Å². The highest BCUT2D eigenvalue weighted by Crippen LogP contribution is 2.55. The standard InChI is InChI=1S/C15H24O3/c1-10(9-16)12-6-7-13-14(18-11(2)17)5-4-8-15(12,13)3/h6,10,13-14,16H,4-5,7-9H2,1-3H3/t10?,13-,14-,15+/m0/s1. The van der Waals surface area contributed by atoms with Crippen molar-refractivity contribution in [2.75, 3.05) is 6.61 Å². The number of carbonyl (C=O) groups is 1. The largest absolute Gasteiger partial charge is 0.462 e. The molecule has 0 bridgehead atoms. The van der Waals surface area contributed by atoms with E-state index in [1.165, 1.54) is 12.5 Å². The summed E-state index contributed by atoms with van der Waals surface area (Å²) in [6, 6.07) is 0. The summed E-state index contributed by atoms with van der Waals surface area (Å²) in [5.41, 5.74) is 1.48. The molecular formula is C15H24O3. The van der Waals surface area contributed by atoms with E-state index in [0.29, 0.717) is 5.92 Å². The molecule has 0 saturated heterocycles. The molecule has 18 heavy (non-hydrogen) atoms. The van der Waals surface area contributed by atoms with Crippen LogP contribution >= 0.6 is 0 Å². The molecule has 1 N–H and O–H groups in total. The summed E-state index contributed by atoms with van der Waals surface area (Å²) >= 11 is 0. The van der Waals surface area contributed by atoms with Crippen LogP contribution in [0.1, 0.15) is 46.5 Å². The van der Waals surface area contributed by atoms with E-state index in [0.717, 1.165) is 25.7 Å². The van der Waals surface area contributed by atoms with E-state index in [1.807, 2.05) is 0 Å². The van der Waals surface area contributed by atoms with Crippen LogP contribution in [0, 0.1) is 17.3 Å². The van der Waals surface area contributed by atoms with Crippen molar-refractivity contribution in [2.24, 2.45) is 17.3 Å². The number of aliphatic hydroxyl groups excluding tert-OH is 1. The van der Waals surface area contributed by atoms with Crippen molar-refractivity contribution in [3.8, 4) is 0 Å². The van der Waals surface area contributed by atoms with Crippen LogP contribution in [0.15, 0.2) is 11.6 Å². The molecule has 0 aromatic rings. The minimum Gasteiger partial charge on any atom is -0.462 e. The molecule has 102 valence electrons. The predicted molar refractivity (Wildman–Crippen MR) is 70.0 cm³/mol. The second-order valence-corrected chi connectivity index (χ2v) is 6.04. The average Bonchev–Trinajstić information content (AvgIpc) is 2.66. The van der Waals surface area contributed by atoms with E-state index in [9.17, 15) is 9.90 Å². The topological polar surface area (TPSA) is 46.5 Å². The molecule has 2 aliphatic carbocycles. The zero-order valence-electron chi connectivity index (χ0n) is 11.6. The Hall–Kier alpha value is -0.830. The second kappa shape index (κ2) is 5.04. The number of ether oxygens (including phenoxy) is 1. The maximum atomic E-state index is 11.2. The van der Waals surface area contributed by atoms with Gasteiger partial charge in [-0.15, -0.1) is 0 Å². The Morgan fingerprint density at radius 3 is 3.00 bits per heavy atom. The Balaban J connectivity index is 2.18. The molecule has 3 heteroatoms. The molecule has 2 rings (SSSR count). The summed E-state index contributed by atoms with van der Waals surface area (Å²) < 4.78 is 5.50. The van der Waals surface area contributed by atoms with Gasteiger partial charge < -0.3 is 9.84 Å². The fourth-order valence-electron chi connectivity index (χ4n) is 3.94. The summed E-state index contributed by atoms with van der Waals surface area (Å²) in [5, 5.41) is 9.39. The van der Waals surface area contributed by atoms with Crippen molar-refractivity contribution in [2.45, 2.75) is 52.6 Å². The fraction of sp³-hybridized carbons (Fsp3) is 0.800. The van der Waals surface area contributed by atoms with Gasteiger partial charge in [0.1, 0.15) is 6.10 Å². The van der Waals surface area contributed by atoms with Crippen LogP contribution in [-0.2, 0) is 9.53 Å². The molecule has 1 saturated carbocycles. The van der Waals surface area contributed by atoms with Crippen LogP contribution < -0.4 is 0 Å². The molecule has 4 atom stereocenters. The summed E-state index contributed by atoms with van der Waals surface area (Å²) in [7, 11) is 0. The number of hydrogen-bond donors (Lipinski definition) is 1. The first-order chi connectivity index (χ1) is 8.49. The number of hydrogen-bond acceptors (Lipinski definition) is 3. The summed E-state index contributed by atoms with van der Waals surface area (Å²) in [6.45, 7) is 6.05. The lowest BCUT2D eigenvalue weighted by molar-refractivity contribution is -0.153. The van der Waals surface area contributed by atoms with Gasteiger partial charge in [0.25, 0.3) is 0 Å². The number of fused-ring (bicyclic) bond motifs is 1. The summed E-state index contributed by atoms with van der Waals surface area (Å²) in [6.07, 6.45) is 6.53. The highest BCUT2D eigenvalue weighted by Gasteiger charge is 2.49. The molecule has 2 aliphatic rings. The van der Waals surface area contributed by atoms with E-state index in [4.69, 9.17) is 4.74 Å². The van der Waals surface area contributed by atoms with Crippen LogP contribution in [0.3, 0.4) is 0 Å². The van der Waals surface area contributed by atoms with Gasteiger partial charge in [-0.25, -0.2) is 0 Å². The number of esters is 1. The fourth-order valence-corrected chi connectivity index (χ4v) is 3.94. The molecule has 0 spiro atoms. The first kappa shape index (κ1) is 13.6. The smallest absolute Gasteiger partial charge is 0.302 e. The first-order valence-corrected chi connectivity index (χ1v) is 6.97. The maximum absolute atomic E-state index is 11.2.